The number of hydrogen-bond acceptors (Lipinski definition) is 1. The summed E-state index contributed by atoms with van der Waals surface area (Å²) in [5.41, 5.74) is 3.15. The van der Waals surface area contributed by atoms with Crippen LogP contribution in [0.15, 0.2) is 36.4 Å². The van der Waals surface area contributed by atoms with Crippen molar-refractivity contribution in [2.24, 2.45) is 5.92 Å². The van der Waals surface area contributed by atoms with Crippen molar-refractivity contribution in [2.75, 3.05) is 14.1 Å². The van der Waals surface area contributed by atoms with Gasteiger partial charge < -0.3 is 4.90 Å². The zero-order valence-electron chi connectivity index (χ0n) is 10.1. The van der Waals surface area contributed by atoms with Gasteiger partial charge in [0.25, 0.3) is 0 Å². The minimum Gasteiger partial charge on any atom is -0.305 e. The molecule has 16 heavy (non-hydrogen) atoms. The predicted octanol–water partition coefficient (Wildman–Crippen LogP) is 2.83. The maximum absolute atomic E-state index is 2.43. The van der Waals surface area contributed by atoms with Crippen molar-refractivity contribution in [3.63, 3.8) is 0 Å². The average Bonchev–Trinajstić information content (AvgIpc) is 2.28. The van der Waals surface area contributed by atoms with E-state index in [0.29, 0.717) is 17.9 Å². The summed E-state index contributed by atoms with van der Waals surface area (Å²) in [5, 5.41) is 0. The van der Waals surface area contributed by atoms with E-state index in [9.17, 15) is 0 Å². The van der Waals surface area contributed by atoms with Gasteiger partial charge in [-0.05, 0) is 44.0 Å². The van der Waals surface area contributed by atoms with Gasteiger partial charge in [0.2, 0.25) is 0 Å². The maximum atomic E-state index is 2.43. The smallest absolute Gasteiger partial charge is 0.0227 e. The summed E-state index contributed by atoms with van der Waals surface area (Å²) < 4.78 is 0. The Balaban J connectivity index is 2.08. The van der Waals surface area contributed by atoms with E-state index in [0.717, 1.165) is 0 Å². The molecular formula is C15H19N. The van der Waals surface area contributed by atoms with E-state index in [1.165, 1.54) is 12.8 Å². The summed E-state index contributed by atoms with van der Waals surface area (Å²) >= 11 is 0. The molecule has 0 saturated carbocycles. The summed E-state index contributed by atoms with van der Waals surface area (Å²) in [7, 11) is 4.44. The Kier molecular flexibility index (Phi) is 2.36. The normalized spacial score (nSPS) is 31.6. The largest absolute Gasteiger partial charge is 0.305 e. The average molecular weight is 213 g/mol. The summed E-state index contributed by atoms with van der Waals surface area (Å²) in [6.07, 6.45) is 7.23. The van der Waals surface area contributed by atoms with Crippen LogP contribution in [0, 0.1) is 5.92 Å². The van der Waals surface area contributed by atoms with Crippen LogP contribution in [0.4, 0.5) is 0 Å². The van der Waals surface area contributed by atoms with Gasteiger partial charge >= 0.3 is 0 Å². The Morgan fingerprint density at radius 3 is 2.81 bits per heavy atom. The molecule has 0 heterocycles. The number of likely N-dealkylation sites (N-methyl/N-ethyl adjacent to an activating group) is 1. The molecule has 0 N–H and O–H groups in total. The first kappa shape index (κ1) is 10.1. The van der Waals surface area contributed by atoms with Crippen molar-refractivity contribution in [1.29, 1.82) is 0 Å². The van der Waals surface area contributed by atoms with Crippen LogP contribution in [-0.2, 0) is 6.42 Å². The third kappa shape index (κ3) is 1.42. The molecule has 2 bridgehead atoms. The van der Waals surface area contributed by atoms with Gasteiger partial charge in [-0.15, -0.1) is 0 Å². The van der Waals surface area contributed by atoms with Crippen LogP contribution in [0.1, 0.15) is 23.5 Å². The van der Waals surface area contributed by atoms with E-state index in [2.05, 4.69) is 55.4 Å². The van der Waals surface area contributed by atoms with Crippen LogP contribution in [0.5, 0.6) is 0 Å². The number of hydrogen-bond donors (Lipinski definition) is 0. The van der Waals surface area contributed by atoms with Gasteiger partial charge in [0, 0.05) is 12.0 Å². The Morgan fingerprint density at radius 2 is 2.00 bits per heavy atom. The van der Waals surface area contributed by atoms with E-state index in [1.807, 2.05) is 0 Å². The highest BCUT2D eigenvalue weighted by Crippen LogP contribution is 2.42. The van der Waals surface area contributed by atoms with Crippen LogP contribution in [0.3, 0.4) is 0 Å². The quantitative estimate of drug-likeness (QED) is 0.648. The molecule has 1 nitrogen and oxygen atoms in total. The van der Waals surface area contributed by atoms with Crippen molar-refractivity contribution in [3.8, 4) is 0 Å². The lowest BCUT2D eigenvalue weighted by molar-refractivity contribution is 0.180. The summed E-state index contributed by atoms with van der Waals surface area (Å²) in [6.45, 7) is 0. The zero-order valence-corrected chi connectivity index (χ0v) is 10.1. The van der Waals surface area contributed by atoms with Crippen molar-refractivity contribution in [2.45, 2.75) is 24.8 Å². The molecule has 3 rings (SSSR count). The number of allylic oxidation sites excluding steroid dienone is 1. The van der Waals surface area contributed by atoms with E-state index >= 15 is 0 Å². The number of rotatable bonds is 1. The molecule has 0 spiro atoms. The van der Waals surface area contributed by atoms with Crippen molar-refractivity contribution in [1.82, 2.24) is 4.90 Å². The SMILES string of the molecule is CN(C)[C@H]1[C@@H]2C=CC[C@H]1c1ccccc1C2. The molecule has 0 aromatic heterocycles. The fourth-order valence-electron chi connectivity index (χ4n) is 3.53. The highest BCUT2D eigenvalue weighted by Gasteiger charge is 2.37. The van der Waals surface area contributed by atoms with E-state index in [4.69, 9.17) is 0 Å². The highest BCUT2D eigenvalue weighted by atomic mass is 15.1. The number of benzene rings is 1. The third-order valence-electron chi connectivity index (χ3n) is 4.13. The first-order chi connectivity index (χ1) is 7.77. The minimum atomic E-state index is 0.694. The van der Waals surface area contributed by atoms with Gasteiger partial charge in [0.15, 0.2) is 0 Å². The Morgan fingerprint density at radius 1 is 1.19 bits per heavy atom. The molecule has 0 saturated heterocycles. The second-order valence-corrected chi connectivity index (χ2v) is 5.29. The molecule has 3 atom stereocenters. The Labute approximate surface area is 97.8 Å². The predicted molar refractivity (Wildman–Crippen MR) is 67.6 cm³/mol. The van der Waals surface area contributed by atoms with Gasteiger partial charge in [0.05, 0.1) is 0 Å². The zero-order chi connectivity index (χ0) is 11.1. The second kappa shape index (κ2) is 3.74. The number of nitrogens with zero attached hydrogens (tertiary/aromatic N) is 1. The molecular weight excluding hydrogens is 194 g/mol. The highest BCUT2D eigenvalue weighted by molar-refractivity contribution is 5.38. The summed E-state index contributed by atoms with van der Waals surface area (Å²) in [6, 6.07) is 9.69. The fraction of sp³-hybridized carbons (Fsp3) is 0.467. The van der Waals surface area contributed by atoms with Crippen LogP contribution >= 0.6 is 0 Å². The standard InChI is InChI=1S/C15H19N/c1-16(2)15-12-7-5-9-14(15)13-8-4-3-6-11(13)10-12/h3-8,12,14-15H,9-10H2,1-2H3/t12-,14+,15+/m1/s1. The first-order valence-electron chi connectivity index (χ1n) is 6.18. The van der Waals surface area contributed by atoms with E-state index in [-0.39, 0.29) is 0 Å². The van der Waals surface area contributed by atoms with Crippen LogP contribution < -0.4 is 0 Å². The van der Waals surface area contributed by atoms with Crippen LogP contribution in [0.25, 0.3) is 0 Å². The summed E-state index contributed by atoms with van der Waals surface area (Å²) in [4.78, 5) is 2.41. The molecule has 0 amide bonds. The molecule has 0 fully saturated rings. The van der Waals surface area contributed by atoms with Gasteiger partial charge in [-0.1, -0.05) is 36.4 Å². The molecule has 2 aliphatic rings. The molecule has 0 radical (unpaired) electrons. The third-order valence-corrected chi connectivity index (χ3v) is 4.13. The van der Waals surface area contributed by atoms with Gasteiger partial charge in [0.1, 0.15) is 0 Å². The Hall–Kier alpha value is -1.08. The van der Waals surface area contributed by atoms with Crippen LogP contribution in [-0.4, -0.2) is 25.0 Å². The second-order valence-electron chi connectivity index (χ2n) is 5.29. The topological polar surface area (TPSA) is 3.24 Å². The molecule has 1 aromatic rings. The molecule has 0 aliphatic heterocycles. The lowest BCUT2D eigenvalue weighted by Crippen LogP contribution is -2.45. The molecule has 2 aliphatic carbocycles. The lowest BCUT2D eigenvalue weighted by Gasteiger charge is -2.44. The first-order valence-corrected chi connectivity index (χ1v) is 6.18. The minimum absolute atomic E-state index is 0.694. The van der Waals surface area contributed by atoms with E-state index in [1.54, 1.807) is 11.1 Å². The van der Waals surface area contributed by atoms with Gasteiger partial charge in [-0.3, -0.25) is 0 Å². The van der Waals surface area contributed by atoms with Crippen molar-refractivity contribution < 1.29 is 0 Å². The van der Waals surface area contributed by atoms with Crippen LogP contribution in [0.2, 0.25) is 0 Å². The van der Waals surface area contributed by atoms with Crippen molar-refractivity contribution in [3.05, 3.63) is 47.5 Å². The maximum Gasteiger partial charge on any atom is 0.0227 e. The van der Waals surface area contributed by atoms with Gasteiger partial charge in [-0.25, -0.2) is 0 Å². The number of fused-ring (bicyclic) bond motifs is 4. The van der Waals surface area contributed by atoms with E-state index < -0.39 is 0 Å². The molecule has 84 valence electrons. The molecule has 1 aromatic carbocycles. The summed E-state index contributed by atoms with van der Waals surface area (Å²) in [5.74, 6) is 1.42. The monoisotopic (exact) mass is 213 g/mol. The van der Waals surface area contributed by atoms with Crippen molar-refractivity contribution >= 4 is 0 Å². The molecule has 0 unspecified atom stereocenters. The van der Waals surface area contributed by atoms with Gasteiger partial charge in [-0.2, -0.15) is 0 Å². The Bertz CT molecular complexity index is 419. The lowest BCUT2D eigenvalue weighted by atomic mass is 9.68. The molecule has 1 heteroatoms. The fourth-order valence-corrected chi connectivity index (χ4v) is 3.53.